The van der Waals surface area contributed by atoms with Crippen molar-refractivity contribution in [1.82, 2.24) is 9.97 Å². The largest absolute Gasteiger partial charge is 0.417 e. The van der Waals surface area contributed by atoms with Crippen molar-refractivity contribution in [1.29, 1.82) is 21.0 Å². The Hall–Kier alpha value is -7.16. The van der Waals surface area contributed by atoms with E-state index in [1.165, 1.54) is 60.7 Å². The summed E-state index contributed by atoms with van der Waals surface area (Å²) in [5.74, 6) is 0. The molecule has 1 aromatic heterocycles. The minimum absolute atomic E-state index is 0.0214. The van der Waals surface area contributed by atoms with E-state index in [0.29, 0.717) is 10.8 Å². The monoisotopic (exact) mass is 670 g/mol. The Balaban J connectivity index is 1.51. The van der Waals surface area contributed by atoms with Crippen LogP contribution in [-0.4, -0.2) is 9.97 Å². The number of hydrogen-bond donors (Lipinski definition) is 0. The van der Waals surface area contributed by atoms with Crippen molar-refractivity contribution in [2.45, 2.75) is 12.4 Å². The highest BCUT2D eigenvalue weighted by atomic mass is 19.4. The third kappa shape index (κ3) is 4.92. The fraction of sp³-hybridized carbons (Fsp3) is 0.0556. The first-order chi connectivity index (χ1) is 23.9. The summed E-state index contributed by atoms with van der Waals surface area (Å²) < 4.78 is 84.1. The molecule has 0 unspecified atom stereocenters. The minimum atomic E-state index is -4.78. The van der Waals surface area contributed by atoms with Crippen molar-refractivity contribution >= 4 is 43.6 Å². The third-order valence-corrected chi connectivity index (χ3v) is 8.26. The van der Waals surface area contributed by atoms with Gasteiger partial charge in [0.2, 0.25) is 12.4 Å². The Morgan fingerprint density at radius 1 is 0.480 bits per heavy atom. The summed E-state index contributed by atoms with van der Waals surface area (Å²) >= 11 is 0. The number of benzene rings is 4. The molecule has 50 heavy (non-hydrogen) atoms. The zero-order chi connectivity index (χ0) is 35.5. The average molecular weight is 671 g/mol. The molecule has 6 aromatic carbocycles. The van der Waals surface area contributed by atoms with Gasteiger partial charge in [0.05, 0.1) is 45.4 Å². The lowest BCUT2D eigenvalue weighted by atomic mass is 9.96. The molecule has 0 amide bonds. The number of rotatable bonds is 2. The van der Waals surface area contributed by atoms with Gasteiger partial charge in [-0.05, 0) is 58.7 Å². The van der Waals surface area contributed by atoms with Gasteiger partial charge >= 0.3 is 12.4 Å². The molecule has 8 nitrogen and oxygen atoms in total. The molecular weight excluding hydrogens is 658 g/mol. The molecule has 238 valence electrons. The predicted molar refractivity (Wildman–Crippen MR) is 167 cm³/mol. The van der Waals surface area contributed by atoms with Gasteiger partial charge in [0.1, 0.15) is 21.7 Å². The lowest BCUT2D eigenvalue weighted by Crippen LogP contribution is -2.08. The summed E-state index contributed by atoms with van der Waals surface area (Å²) in [5, 5.41) is 38.8. The molecule has 0 fully saturated rings. The number of aromatic nitrogens is 2. The van der Waals surface area contributed by atoms with Crippen LogP contribution in [0, 0.1) is 45.6 Å². The normalized spacial score (nSPS) is 12.8. The van der Waals surface area contributed by atoms with Gasteiger partial charge in [-0.2, -0.15) is 57.4 Å². The van der Waals surface area contributed by atoms with E-state index in [-0.39, 0.29) is 76.9 Å². The molecule has 14 heteroatoms. The molecular formula is C36H12F6N8. The van der Waals surface area contributed by atoms with Gasteiger partial charge in [-0.25, -0.2) is 9.97 Å². The van der Waals surface area contributed by atoms with E-state index >= 15 is 0 Å². The van der Waals surface area contributed by atoms with Crippen LogP contribution >= 0.6 is 0 Å². The molecule has 0 saturated heterocycles. The van der Waals surface area contributed by atoms with Crippen molar-refractivity contribution in [3.8, 4) is 46.8 Å². The van der Waals surface area contributed by atoms with Crippen molar-refractivity contribution in [2.75, 3.05) is 0 Å². The summed E-state index contributed by atoms with van der Waals surface area (Å²) in [6.07, 6.45) is -6.18. The first-order valence-electron chi connectivity index (χ1n) is 14.3. The topological polar surface area (TPSA) is 146 Å². The second-order valence-corrected chi connectivity index (χ2v) is 11.0. The van der Waals surface area contributed by atoms with Crippen LogP contribution in [0.5, 0.6) is 0 Å². The van der Waals surface area contributed by atoms with Gasteiger partial charge in [0.15, 0.2) is 0 Å². The quantitative estimate of drug-likeness (QED) is 0.135. The average Bonchev–Trinajstić information content (AvgIpc) is 3.56. The van der Waals surface area contributed by atoms with E-state index in [2.05, 4.69) is 9.98 Å². The highest BCUT2D eigenvalue weighted by molar-refractivity contribution is 6.15. The van der Waals surface area contributed by atoms with Gasteiger partial charge < -0.3 is 0 Å². The second-order valence-electron chi connectivity index (χ2n) is 11.0. The van der Waals surface area contributed by atoms with Crippen LogP contribution in [0.1, 0.15) is 22.3 Å². The predicted octanol–water partition coefficient (Wildman–Crippen LogP) is 7.84. The van der Waals surface area contributed by atoms with Crippen LogP contribution in [0.2, 0.25) is 0 Å². The van der Waals surface area contributed by atoms with Crippen molar-refractivity contribution in [3.63, 3.8) is 0 Å². The molecule has 0 radical (unpaired) electrons. The summed E-state index contributed by atoms with van der Waals surface area (Å²) in [6.45, 7) is 0. The van der Waals surface area contributed by atoms with E-state index in [1.807, 2.05) is 0 Å². The van der Waals surface area contributed by atoms with Crippen LogP contribution < -0.4 is 10.7 Å². The van der Waals surface area contributed by atoms with Crippen LogP contribution in [0.4, 0.5) is 26.3 Å². The van der Waals surface area contributed by atoms with E-state index in [0.717, 1.165) is 12.1 Å². The second kappa shape index (κ2) is 11.2. The van der Waals surface area contributed by atoms with Gasteiger partial charge in [-0.3, -0.25) is 0 Å². The summed E-state index contributed by atoms with van der Waals surface area (Å²) in [6, 6.07) is 18.4. The molecule has 7 aromatic rings. The molecule has 0 aliphatic carbocycles. The molecule has 0 saturated carbocycles. The summed E-state index contributed by atoms with van der Waals surface area (Å²) in [5.41, 5.74) is -1.96. The standard InChI is InChI=1S/C36H12F6N8/c37-35(38,39)27-9-17(13-43)1-5-21(27)19-3-7-23-25(11-19)29(47-15-45)33-31(23)49-34-30(48-16-46)26-12-20(4-8-24(26)32(34)50-33)22-6-2-18(14-44)10-28(22)36(40,41)42/h1-12H/b47-29+,48-30+. The molecule has 0 bridgehead atoms. The summed E-state index contributed by atoms with van der Waals surface area (Å²) in [4.78, 5) is 17.3. The van der Waals surface area contributed by atoms with Gasteiger partial charge in [-0.15, -0.1) is 0 Å². The number of halogens is 6. The van der Waals surface area contributed by atoms with Crippen LogP contribution in [-0.2, 0) is 12.4 Å². The van der Waals surface area contributed by atoms with Gasteiger partial charge in [-0.1, -0.05) is 36.4 Å². The van der Waals surface area contributed by atoms with E-state index in [9.17, 15) is 36.9 Å². The Labute approximate surface area is 275 Å². The Kier molecular flexibility index (Phi) is 7.06. The van der Waals surface area contributed by atoms with Crippen LogP contribution in [0.25, 0.3) is 65.9 Å². The van der Waals surface area contributed by atoms with Crippen molar-refractivity contribution < 1.29 is 26.3 Å². The van der Waals surface area contributed by atoms with Gasteiger partial charge in [0, 0.05) is 21.5 Å². The lowest BCUT2D eigenvalue weighted by molar-refractivity contribution is -0.137. The Morgan fingerprint density at radius 3 is 1.22 bits per heavy atom. The Bertz CT molecular complexity index is 2700. The zero-order valence-electron chi connectivity index (χ0n) is 24.8. The lowest BCUT2D eigenvalue weighted by Gasteiger charge is -2.13. The number of nitrogens with zero attached hydrogens (tertiary/aromatic N) is 8. The van der Waals surface area contributed by atoms with E-state index < -0.39 is 23.5 Å². The van der Waals surface area contributed by atoms with Crippen molar-refractivity contribution in [2.24, 2.45) is 9.98 Å². The third-order valence-electron chi connectivity index (χ3n) is 8.26. The van der Waals surface area contributed by atoms with E-state index in [1.54, 1.807) is 24.5 Å². The fourth-order valence-electron chi connectivity index (χ4n) is 6.15. The highest BCUT2D eigenvalue weighted by Gasteiger charge is 2.35. The maximum absolute atomic E-state index is 14.0. The fourth-order valence-corrected chi connectivity index (χ4v) is 6.15. The first kappa shape index (κ1) is 31.4. The maximum atomic E-state index is 14.0. The SMILES string of the molecule is N#C/N=c1\c2cc(-c3ccc(C#N)cc3C(F)(F)F)ccc2c2nc3/c(=N/C#N)c4cc(-c5ccc(C#N)cc5C(F)(F)F)ccc4c3nc12. The van der Waals surface area contributed by atoms with Crippen molar-refractivity contribution in [3.05, 3.63) is 106 Å². The highest BCUT2D eigenvalue weighted by Crippen LogP contribution is 2.41. The number of nitriles is 4. The van der Waals surface area contributed by atoms with Gasteiger partial charge in [0.25, 0.3) is 0 Å². The zero-order valence-corrected chi connectivity index (χ0v) is 24.8. The summed E-state index contributed by atoms with van der Waals surface area (Å²) in [7, 11) is 0. The maximum Gasteiger partial charge on any atom is 0.417 e. The number of hydrogen-bond acceptors (Lipinski definition) is 8. The number of alkyl halides is 6. The molecule has 0 aliphatic rings. The molecule has 7 rings (SSSR count). The molecule has 0 spiro atoms. The molecule has 0 aliphatic heterocycles. The number of fused-ring (bicyclic) bond motifs is 6. The van der Waals surface area contributed by atoms with Crippen LogP contribution in [0.3, 0.4) is 0 Å². The molecule has 0 N–H and O–H groups in total. The molecule has 1 heterocycles. The van der Waals surface area contributed by atoms with E-state index in [4.69, 9.17) is 20.5 Å². The smallest absolute Gasteiger partial charge is 0.241 e. The van der Waals surface area contributed by atoms with Crippen LogP contribution in [0.15, 0.2) is 82.8 Å². The minimum Gasteiger partial charge on any atom is -0.241 e. The first-order valence-corrected chi connectivity index (χ1v) is 14.3. The molecule has 0 atom stereocenters. The Morgan fingerprint density at radius 2 is 0.880 bits per heavy atom.